The molecule has 174 valence electrons. The number of methoxy groups -OCH3 is 4. The summed E-state index contributed by atoms with van der Waals surface area (Å²) in [4.78, 5) is 17.6. The third kappa shape index (κ3) is 5.25. The van der Waals surface area contributed by atoms with Gasteiger partial charge in [-0.25, -0.2) is 9.79 Å². The predicted octanol–water partition coefficient (Wildman–Crippen LogP) is 4.91. The third-order valence-corrected chi connectivity index (χ3v) is 5.72. The first-order valence-corrected chi connectivity index (χ1v) is 10.8. The first-order valence-electron chi connectivity index (χ1n) is 9.99. The van der Waals surface area contributed by atoms with E-state index in [0.29, 0.717) is 44.2 Å². The summed E-state index contributed by atoms with van der Waals surface area (Å²) in [5.41, 5.74) is 1.22. The molecule has 1 aliphatic heterocycles. The predicted molar refractivity (Wildman–Crippen MR) is 128 cm³/mol. The van der Waals surface area contributed by atoms with Crippen molar-refractivity contribution in [2.75, 3.05) is 35.0 Å². The van der Waals surface area contributed by atoms with Gasteiger partial charge in [-0.1, -0.05) is 11.8 Å². The molecule has 0 aliphatic carbocycles. The van der Waals surface area contributed by atoms with Crippen molar-refractivity contribution in [3.63, 3.8) is 0 Å². The van der Waals surface area contributed by atoms with Crippen molar-refractivity contribution in [2.45, 2.75) is 6.92 Å². The Labute approximate surface area is 196 Å². The Morgan fingerprint density at radius 2 is 1.61 bits per heavy atom. The number of aliphatic hydroxyl groups excluding tert-OH is 1. The summed E-state index contributed by atoms with van der Waals surface area (Å²) >= 11 is 1.15. The van der Waals surface area contributed by atoms with Crippen LogP contribution < -0.4 is 18.9 Å². The van der Waals surface area contributed by atoms with Gasteiger partial charge in [0, 0.05) is 11.6 Å². The number of hydrogen-bond acceptors (Lipinski definition) is 9. The van der Waals surface area contributed by atoms with Crippen molar-refractivity contribution in [1.29, 1.82) is 0 Å². The summed E-state index contributed by atoms with van der Waals surface area (Å²) in [5.74, 6) is 1.31. The number of nitrogens with zero attached hydrogens (tertiary/aromatic N) is 1. The normalized spacial score (nSPS) is 15.7. The second kappa shape index (κ2) is 10.8. The van der Waals surface area contributed by atoms with Gasteiger partial charge in [-0.05, 0) is 43.3 Å². The number of thioether (sulfide) groups is 1. The summed E-state index contributed by atoms with van der Waals surface area (Å²) < 4.78 is 26.5. The van der Waals surface area contributed by atoms with E-state index in [1.807, 2.05) is 0 Å². The second-order valence-corrected chi connectivity index (χ2v) is 7.65. The molecule has 2 aromatic carbocycles. The first kappa shape index (κ1) is 24.1. The molecule has 0 spiro atoms. The highest BCUT2D eigenvalue weighted by Gasteiger charge is 2.33. The molecular formula is C24H25NO7S. The van der Waals surface area contributed by atoms with E-state index in [-0.39, 0.29) is 17.9 Å². The number of ether oxygens (including phenoxy) is 5. The number of aliphatic hydroxyl groups is 1. The van der Waals surface area contributed by atoms with Crippen LogP contribution in [0.1, 0.15) is 12.5 Å². The van der Waals surface area contributed by atoms with E-state index in [0.717, 1.165) is 11.8 Å². The number of carbonyl (C=O) groups excluding carboxylic acids is 1. The molecule has 0 aromatic heterocycles. The van der Waals surface area contributed by atoms with Crippen LogP contribution in [0.2, 0.25) is 0 Å². The Hall–Kier alpha value is -3.59. The lowest BCUT2D eigenvalue weighted by Gasteiger charge is -2.12. The summed E-state index contributed by atoms with van der Waals surface area (Å²) in [5, 5.41) is 11.2. The van der Waals surface area contributed by atoms with Gasteiger partial charge in [-0.3, -0.25) is 0 Å². The fourth-order valence-electron chi connectivity index (χ4n) is 3.07. The van der Waals surface area contributed by atoms with E-state index in [9.17, 15) is 9.90 Å². The van der Waals surface area contributed by atoms with E-state index in [1.165, 1.54) is 21.3 Å². The maximum absolute atomic E-state index is 12.6. The van der Waals surface area contributed by atoms with Crippen molar-refractivity contribution < 1.29 is 33.6 Å². The van der Waals surface area contributed by atoms with Gasteiger partial charge in [0.1, 0.15) is 27.9 Å². The van der Waals surface area contributed by atoms with Crippen LogP contribution in [0, 0.1) is 0 Å². The molecule has 0 saturated heterocycles. The Balaban J connectivity index is 2.09. The Bertz CT molecular complexity index is 1120. The number of carbonyl (C=O) groups is 1. The minimum atomic E-state index is -0.655. The molecule has 3 rings (SSSR count). The lowest BCUT2D eigenvalue weighted by molar-refractivity contribution is -0.138. The van der Waals surface area contributed by atoms with Gasteiger partial charge in [0.2, 0.25) is 0 Å². The topological polar surface area (TPSA) is 95.8 Å². The van der Waals surface area contributed by atoms with Crippen molar-refractivity contribution in [3.05, 3.63) is 58.2 Å². The van der Waals surface area contributed by atoms with Crippen LogP contribution in [0.25, 0.3) is 6.08 Å². The largest absolute Gasteiger partial charge is 0.506 e. The van der Waals surface area contributed by atoms with Gasteiger partial charge >= 0.3 is 5.97 Å². The zero-order chi connectivity index (χ0) is 24.0. The maximum Gasteiger partial charge on any atom is 0.344 e. The number of rotatable bonds is 8. The fraction of sp³-hybridized carbons (Fsp3) is 0.250. The number of aliphatic imine (C=N–C) groups is 1. The zero-order valence-corrected chi connectivity index (χ0v) is 19.8. The van der Waals surface area contributed by atoms with Crippen molar-refractivity contribution >= 4 is 34.5 Å². The molecule has 1 N–H and O–H groups in total. The highest BCUT2D eigenvalue weighted by atomic mass is 32.2. The molecule has 0 radical (unpaired) electrons. The Morgan fingerprint density at radius 1 is 0.970 bits per heavy atom. The molecule has 1 heterocycles. The summed E-state index contributed by atoms with van der Waals surface area (Å²) in [6.45, 7) is 1.86. The molecule has 2 aromatic rings. The average molecular weight is 472 g/mol. The Kier molecular flexibility index (Phi) is 7.89. The van der Waals surface area contributed by atoms with Gasteiger partial charge < -0.3 is 28.8 Å². The van der Waals surface area contributed by atoms with Gasteiger partial charge in [-0.15, -0.1) is 0 Å². The standard InChI is InChI=1S/C24H25NO7S/c1-6-32-24(27)21-22(26)20(33-23(21)25-15-7-9-16(28-2)10-8-15)12-14-11-18(30-4)19(31-5)13-17(14)29-3/h7-13,26H,6H2,1-5H3. The molecule has 9 heteroatoms. The third-order valence-electron chi connectivity index (χ3n) is 4.70. The number of esters is 1. The molecule has 0 saturated carbocycles. The quantitative estimate of drug-likeness (QED) is 0.543. The van der Waals surface area contributed by atoms with Crippen LogP contribution >= 0.6 is 11.8 Å². The van der Waals surface area contributed by atoms with Crippen LogP contribution in [0.4, 0.5) is 5.69 Å². The van der Waals surface area contributed by atoms with E-state index < -0.39 is 5.97 Å². The molecule has 0 fully saturated rings. The first-order chi connectivity index (χ1) is 15.9. The highest BCUT2D eigenvalue weighted by molar-refractivity contribution is 8.18. The molecule has 33 heavy (non-hydrogen) atoms. The SMILES string of the molecule is CCOC(=O)C1=C(O)C(=Cc2cc(OC)c(OC)cc2OC)SC1=Nc1ccc(OC)cc1. The second-order valence-electron chi connectivity index (χ2n) is 6.62. The molecule has 8 nitrogen and oxygen atoms in total. The molecule has 1 aliphatic rings. The molecule has 0 unspecified atom stereocenters. The van der Waals surface area contributed by atoms with Gasteiger partial charge in [-0.2, -0.15) is 0 Å². The van der Waals surface area contributed by atoms with Crippen LogP contribution in [0.3, 0.4) is 0 Å². The Morgan fingerprint density at radius 3 is 2.18 bits per heavy atom. The summed E-state index contributed by atoms with van der Waals surface area (Å²) in [7, 11) is 6.17. The minimum absolute atomic E-state index is 0.00311. The minimum Gasteiger partial charge on any atom is -0.506 e. The van der Waals surface area contributed by atoms with Crippen molar-refractivity contribution in [1.82, 2.24) is 0 Å². The van der Waals surface area contributed by atoms with E-state index in [1.54, 1.807) is 56.5 Å². The molecule has 0 atom stereocenters. The number of benzene rings is 2. The van der Waals surface area contributed by atoms with Crippen molar-refractivity contribution in [2.24, 2.45) is 4.99 Å². The summed E-state index contributed by atoms with van der Waals surface area (Å²) in [6.07, 6.45) is 1.69. The lowest BCUT2D eigenvalue weighted by Crippen LogP contribution is -2.12. The smallest absolute Gasteiger partial charge is 0.344 e. The molecule has 0 bridgehead atoms. The lowest BCUT2D eigenvalue weighted by atomic mass is 10.1. The van der Waals surface area contributed by atoms with Gasteiger partial charge in [0.15, 0.2) is 11.5 Å². The monoisotopic (exact) mass is 471 g/mol. The van der Waals surface area contributed by atoms with Crippen molar-refractivity contribution in [3.8, 4) is 23.0 Å². The fourth-order valence-corrected chi connectivity index (χ4v) is 4.10. The van der Waals surface area contributed by atoms with Crippen LogP contribution in [0.5, 0.6) is 23.0 Å². The highest BCUT2D eigenvalue weighted by Crippen LogP contribution is 2.43. The van der Waals surface area contributed by atoms with Crippen LogP contribution in [0.15, 0.2) is 57.6 Å². The number of hydrogen-bond donors (Lipinski definition) is 1. The van der Waals surface area contributed by atoms with E-state index >= 15 is 0 Å². The van der Waals surface area contributed by atoms with E-state index in [2.05, 4.69) is 4.99 Å². The average Bonchev–Trinajstić information content (AvgIpc) is 3.13. The van der Waals surface area contributed by atoms with Gasteiger partial charge in [0.25, 0.3) is 0 Å². The molecule has 0 amide bonds. The zero-order valence-electron chi connectivity index (χ0n) is 19.0. The molecular weight excluding hydrogens is 446 g/mol. The van der Waals surface area contributed by atoms with Crippen LogP contribution in [-0.2, 0) is 9.53 Å². The summed E-state index contributed by atoms with van der Waals surface area (Å²) in [6, 6.07) is 10.4. The van der Waals surface area contributed by atoms with Gasteiger partial charge in [0.05, 0.1) is 45.6 Å². The van der Waals surface area contributed by atoms with E-state index in [4.69, 9.17) is 23.7 Å². The van der Waals surface area contributed by atoms with Crippen LogP contribution in [-0.4, -0.2) is 51.2 Å². The maximum atomic E-state index is 12.6.